The summed E-state index contributed by atoms with van der Waals surface area (Å²) in [7, 11) is 0. The van der Waals surface area contributed by atoms with Crippen LogP contribution in [0.15, 0.2) is 84.0 Å². The molecule has 1 atom stereocenters. The first-order valence-electron chi connectivity index (χ1n) is 10.5. The van der Waals surface area contributed by atoms with Gasteiger partial charge in [-0.1, -0.05) is 77.5 Å². The summed E-state index contributed by atoms with van der Waals surface area (Å²) in [5.41, 5.74) is 3.93. The topological polar surface area (TPSA) is 71.8 Å². The molecular weight excluding hydrogens is 454 g/mol. The molecular formula is C25H24ClN5OS. The average molecular weight is 478 g/mol. The second kappa shape index (κ2) is 10.6. The molecule has 8 heteroatoms. The van der Waals surface area contributed by atoms with E-state index in [9.17, 15) is 4.79 Å². The predicted octanol–water partition coefficient (Wildman–Crippen LogP) is 6.40. The molecule has 33 heavy (non-hydrogen) atoms. The van der Waals surface area contributed by atoms with Gasteiger partial charge >= 0.3 is 6.03 Å². The molecule has 4 aromatic rings. The van der Waals surface area contributed by atoms with Crippen LogP contribution in [0.25, 0.3) is 5.69 Å². The summed E-state index contributed by atoms with van der Waals surface area (Å²) in [5, 5.41) is 15.9. The van der Waals surface area contributed by atoms with Gasteiger partial charge in [0.25, 0.3) is 0 Å². The summed E-state index contributed by atoms with van der Waals surface area (Å²) in [6, 6.07) is 24.7. The van der Waals surface area contributed by atoms with Crippen LogP contribution in [-0.2, 0) is 5.75 Å². The van der Waals surface area contributed by atoms with Crippen molar-refractivity contribution in [2.24, 2.45) is 0 Å². The lowest BCUT2D eigenvalue weighted by Crippen LogP contribution is -2.32. The van der Waals surface area contributed by atoms with Crippen LogP contribution in [-0.4, -0.2) is 20.8 Å². The minimum Gasteiger partial charge on any atom is -0.328 e. The van der Waals surface area contributed by atoms with E-state index in [1.807, 2.05) is 48.7 Å². The molecule has 168 valence electrons. The van der Waals surface area contributed by atoms with E-state index in [1.165, 1.54) is 11.1 Å². The molecule has 0 aliphatic heterocycles. The smallest absolute Gasteiger partial charge is 0.319 e. The summed E-state index contributed by atoms with van der Waals surface area (Å²) >= 11 is 7.62. The van der Waals surface area contributed by atoms with Crippen LogP contribution >= 0.6 is 23.4 Å². The number of hydrogen-bond donors (Lipinski definition) is 2. The van der Waals surface area contributed by atoms with Crippen molar-refractivity contribution in [1.29, 1.82) is 0 Å². The number of thioether (sulfide) groups is 1. The number of rotatable bonds is 7. The Balaban J connectivity index is 1.56. The molecule has 3 aromatic carbocycles. The standard InChI is InChI=1S/C25H24ClN5OS/c1-17-11-13-22(14-12-17)31-23(29-30-25(31)33-16-19-7-4-3-5-8-19)18(2)27-24(32)28-21-10-6-9-20(26)15-21/h3-15,18H,16H2,1-2H3,(H2,27,28,32). The molecule has 1 unspecified atom stereocenters. The molecule has 0 spiro atoms. The van der Waals surface area contributed by atoms with Crippen molar-refractivity contribution in [1.82, 2.24) is 20.1 Å². The van der Waals surface area contributed by atoms with Crippen molar-refractivity contribution in [3.8, 4) is 5.69 Å². The van der Waals surface area contributed by atoms with Crippen molar-refractivity contribution in [2.75, 3.05) is 5.32 Å². The zero-order chi connectivity index (χ0) is 23.2. The largest absolute Gasteiger partial charge is 0.328 e. The van der Waals surface area contributed by atoms with E-state index in [1.54, 1.807) is 36.0 Å². The molecule has 1 heterocycles. The molecule has 2 N–H and O–H groups in total. The van der Waals surface area contributed by atoms with E-state index in [-0.39, 0.29) is 12.1 Å². The number of anilines is 1. The third-order valence-corrected chi connectivity index (χ3v) is 6.21. The van der Waals surface area contributed by atoms with Gasteiger partial charge in [-0.05, 0) is 49.7 Å². The van der Waals surface area contributed by atoms with Gasteiger partial charge < -0.3 is 10.6 Å². The lowest BCUT2D eigenvalue weighted by molar-refractivity contribution is 0.249. The zero-order valence-corrected chi connectivity index (χ0v) is 19.9. The van der Waals surface area contributed by atoms with Gasteiger partial charge in [-0.2, -0.15) is 0 Å². The first-order valence-corrected chi connectivity index (χ1v) is 11.9. The number of amides is 2. The zero-order valence-electron chi connectivity index (χ0n) is 18.3. The molecule has 1 aromatic heterocycles. The van der Waals surface area contributed by atoms with Crippen LogP contribution in [0, 0.1) is 6.92 Å². The van der Waals surface area contributed by atoms with Crippen molar-refractivity contribution < 1.29 is 4.79 Å². The van der Waals surface area contributed by atoms with E-state index in [0.29, 0.717) is 16.5 Å². The highest BCUT2D eigenvalue weighted by Crippen LogP contribution is 2.28. The molecule has 0 saturated carbocycles. The molecule has 6 nitrogen and oxygen atoms in total. The predicted molar refractivity (Wildman–Crippen MR) is 134 cm³/mol. The summed E-state index contributed by atoms with van der Waals surface area (Å²) in [4.78, 5) is 12.6. The van der Waals surface area contributed by atoms with E-state index >= 15 is 0 Å². The average Bonchev–Trinajstić information content (AvgIpc) is 3.23. The van der Waals surface area contributed by atoms with Crippen LogP contribution < -0.4 is 10.6 Å². The number of nitrogens with zero attached hydrogens (tertiary/aromatic N) is 3. The van der Waals surface area contributed by atoms with E-state index in [2.05, 4.69) is 45.1 Å². The van der Waals surface area contributed by atoms with Crippen molar-refractivity contribution >= 4 is 35.1 Å². The normalized spacial score (nSPS) is 11.7. The van der Waals surface area contributed by atoms with Gasteiger partial charge in [0.1, 0.15) is 0 Å². The van der Waals surface area contributed by atoms with Crippen molar-refractivity contribution in [2.45, 2.75) is 30.8 Å². The molecule has 0 radical (unpaired) electrons. The first kappa shape index (κ1) is 22.9. The van der Waals surface area contributed by atoms with Crippen LogP contribution in [0.4, 0.5) is 10.5 Å². The lowest BCUT2D eigenvalue weighted by Gasteiger charge is -2.17. The van der Waals surface area contributed by atoms with Crippen LogP contribution in [0.5, 0.6) is 0 Å². The van der Waals surface area contributed by atoms with E-state index in [0.717, 1.165) is 16.6 Å². The summed E-state index contributed by atoms with van der Waals surface area (Å²) in [5.74, 6) is 1.41. The van der Waals surface area contributed by atoms with E-state index < -0.39 is 0 Å². The monoisotopic (exact) mass is 477 g/mol. The second-order valence-electron chi connectivity index (χ2n) is 7.62. The fourth-order valence-electron chi connectivity index (χ4n) is 3.31. The highest BCUT2D eigenvalue weighted by Gasteiger charge is 2.21. The Kier molecular flexibility index (Phi) is 7.32. The third-order valence-electron chi connectivity index (χ3n) is 4.98. The van der Waals surface area contributed by atoms with Gasteiger partial charge in [0, 0.05) is 22.2 Å². The Morgan fingerprint density at radius 2 is 1.79 bits per heavy atom. The second-order valence-corrected chi connectivity index (χ2v) is 9.00. The molecule has 0 bridgehead atoms. The molecule has 0 aliphatic rings. The highest BCUT2D eigenvalue weighted by atomic mass is 35.5. The number of aryl methyl sites for hydroxylation is 1. The Morgan fingerprint density at radius 1 is 1.03 bits per heavy atom. The van der Waals surface area contributed by atoms with Gasteiger partial charge in [0.2, 0.25) is 0 Å². The minimum absolute atomic E-state index is 0.346. The summed E-state index contributed by atoms with van der Waals surface area (Å²) < 4.78 is 2.00. The Hall–Kier alpha value is -3.29. The molecule has 4 rings (SSSR count). The number of halogens is 1. The Bertz CT molecular complexity index is 1230. The Labute approximate surface area is 202 Å². The van der Waals surface area contributed by atoms with E-state index in [4.69, 9.17) is 11.6 Å². The number of nitrogens with one attached hydrogen (secondary N) is 2. The van der Waals surface area contributed by atoms with Gasteiger partial charge in [-0.3, -0.25) is 4.57 Å². The number of urea groups is 1. The van der Waals surface area contributed by atoms with Gasteiger partial charge in [-0.25, -0.2) is 4.79 Å². The summed E-state index contributed by atoms with van der Waals surface area (Å²) in [6.07, 6.45) is 0. The Morgan fingerprint density at radius 3 is 2.52 bits per heavy atom. The maximum atomic E-state index is 12.6. The number of aromatic nitrogens is 3. The molecule has 0 aliphatic carbocycles. The fourth-order valence-corrected chi connectivity index (χ4v) is 4.41. The fraction of sp³-hybridized carbons (Fsp3) is 0.160. The lowest BCUT2D eigenvalue weighted by atomic mass is 10.2. The first-order chi connectivity index (χ1) is 16.0. The van der Waals surface area contributed by atoms with Gasteiger partial charge in [0.05, 0.1) is 6.04 Å². The quantitative estimate of drug-likeness (QED) is 0.302. The van der Waals surface area contributed by atoms with Crippen molar-refractivity contribution in [3.05, 3.63) is 101 Å². The van der Waals surface area contributed by atoms with Crippen LogP contribution in [0.3, 0.4) is 0 Å². The maximum Gasteiger partial charge on any atom is 0.319 e. The SMILES string of the molecule is Cc1ccc(-n2c(SCc3ccccc3)nnc2C(C)NC(=O)Nc2cccc(Cl)c2)cc1. The van der Waals surface area contributed by atoms with Gasteiger partial charge in [0.15, 0.2) is 11.0 Å². The molecule has 0 saturated heterocycles. The number of carbonyl (C=O) groups is 1. The number of hydrogen-bond acceptors (Lipinski definition) is 4. The maximum absolute atomic E-state index is 12.6. The van der Waals surface area contributed by atoms with Crippen molar-refractivity contribution in [3.63, 3.8) is 0 Å². The highest BCUT2D eigenvalue weighted by molar-refractivity contribution is 7.98. The summed E-state index contributed by atoms with van der Waals surface area (Å²) in [6.45, 7) is 3.93. The molecule has 2 amide bonds. The minimum atomic E-state index is -0.385. The third kappa shape index (κ3) is 5.94. The number of carbonyl (C=O) groups excluding carboxylic acids is 1. The van der Waals surface area contributed by atoms with Gasteiger partial charge in [-0.15, -0.1) is 10.2 Å². The molecule has 0 fully saturated rings. The number of benzene rings is 3. The van der Waals surface area contributed by atoms with Crippen LogP contribution in [0.1, 0.15) is 29.9 Å². The van der Waals surface area contributed by atoms with Crippen LogP contribution in [0.2, 0.25) is 5.02 Å².